The van der Waals surface area contributed by atoms with Crippen LogP contribution in [-0.2, 0) is 9.53 Å². The summed E-state index contributed by atoms with van der Waals surface area (Å²) in [6, 6.07) is 0.195. The Morgan fingerprint density at radius 1 is 1.24 bits per heavy atom. The van der Waals surface area contributed by atoms with Crippen molar-refractivity contribution in [2.24, 2.45) is 5.92 Å². The molecule has 0 aromatic carbocycles. The van der Waals surface area contributed by atoms with Gasteiger partial charge in [0.05, 0.1) is 12.6 Å². The van der Waals surface area contributed by atoms with Gasteiger partial charge in [-0.15, -0.1) is 0 Å². The first-order valence-corrected chi connectivity index (χ1v) is 8.40. The second kappa shape index (κ2) is 8.11. The minimum absolute atomic E-state index is 0.0208. The van der Waals surface area contributed by atoms with Crippen LogP contribution in [0, 0.1) is 5.92 Å². The van der Waals surface area contributed by atoms with Gasteiger partial charge in [0.2, 0.25) is 5.91 Å². The molecule has 2 atom stereocenters. The predicted octanol–water partition coefficient (Wildman–Crippen LogP) is 0.944. The highest BCUT2D eigenvalue weighted by Gasteiger charge is 2.27. The number of hydrogen-bond acceptors (Lipinski definition) is 4. The van der Waals surface area contributed by atoms with E-state index < -0.39 is 0 Å². The summed E-state index contributed by atoms with van der Waals surface area (Å²) in [6.07, 6.45) is 2.50. The Morgan fingerprint density at radius 2 is 1.95 bits per heavy atom. The fourth-order valence-corrected chi connectivity index (χ4v) is 3.22. The van der Waals surface area contributed by atoms with Crippen LogP contribution in [0.3, 0.4) is 0 Å². The lowest BCUT2D eigenvalue weighted by Crippen LogP contribution is -2.55. The van der Waals surface area contributed by atoms with Crippen LogP contribution in [-0.4, -0.2) is 73.7 Å². The summed E-state index contributed by atoms with van der Waals surface area (Å²) in [5, 5.41) is 3.01. The molecular weight excluding hydrogens is 266 g/mol. The molecule has 2 aliphatic rings. The predicted molar refractivity (Wildman–Crippen MR) is 84.3 cm³/mol. The fraction of sp³-hybridized carbons (Fsp3) is 0.938. The molecule has 0 saturated carbocycles. The number of ether oxygens (including phenoxy) is 1. The van der Waals surface area contributed by atoms with Gasteiger partial charge in [-0.1, -0.05) is 0 Å². The zero-order valence-corrected chi connectivity index (χ0v) is 13.8. The zero-order chi connectivity index (χ0) is 15.2. The topological polar surface area (TPSA) is 44.8 Å². The van der Waals surface area contributed by atoms with E-state index in [4.69, 9.17) is 4.74 Å². The van der Waals surface area contributed by atoms with E-state index in [0.717, 1.165) is 45.9 Å². The van der Waals surface area contributed by atoms with Gasteiger partial charge in [-0.25, -0.2) is 0 Å². The van der Waals surface area contributed by atoms with Gasteiger partial charge < -0.3 is 15.0 Å². The lowest BCUT2D eigenvalue weighted by Gasteiger charge is -2.39. The number of nitrogens with zero attached hydrogens (tertiary/aromatic N) is 2. The normalized spacial score (nSPS) is 26.8. The van der Waals surface area contributed by atoms with Gasteiger partial charge in [0, 0.05) is 45.4 Å². The van der Waals surface area contributed by atoms with Gasteiger partial charge in [-0.2, -0.15) is 0 Å². The van der Waals surface area contributed by atoms with E-state index in [0.29, 0.717) is 5.92 Å². The van der Waals surface area contributed by atoms with Crippen LogP contribution >= 0.6 is 0 Å². The largest absolute Gasteiger partial charge is 0.381 e. The number of nitrogens with one attached hydrogen (secondary N) is 1. The SMILES string of the molecule is CC(C)NC(=O)C(C)N1CCN(CC2CCCOC2)CC1. The summed E-state index contributed by atoms with van der Waals surface area (Å²) in [5.41, 5.74) is 0. The Kier molecular flexibility index (Phi) is 6.45. The van der Waals surface area contributed by atoms with Crippen LogP contribution in [0.15, 0.2) is 0 Å². The smallest absolute Gasteiger partial charge is 0.237 e. The first-order valence-electron chi connectivity index (χ1n) is 8.40. The molecule has 2 rings (SSSR count). The molecule has 0 aliphatic carbocycles. The molecule has 2 saturated heterocycles. The molecule has 5 nitrogen and oxygen atoms in total. The fourth-order valence-electron chi connectivity index (χ4n) is 3.22. The average Bonchev–Trinajstić information content (AvgIpc) is 2.47. The van der Waals surface area contributed by atoms with Crippen molar-refractivity contribution < 1.29 is 9.53 Å². The molecule has 21 heavy (non-hydrogen) atoms. The number of hydrogen-bond donors (Lipinski definition) is 1. The third-order valence-corrected chi connectivity index (χ3v) is 4.54. The van der Waals surface area contributed by atoms with Crippen molar-refractivity contribution in [1.82, 2.24) is 15.1 Å². The number of rotatable bonds is 5. The van der Waals surface area contributed by atoms with Gasteiger partial charge in [0.15, 0.2) is 0 Å². The number of carbonyl (C=O) groups excluding carboxylic acids is 1. The molecule has 0 spiro atoms. The third kappa shape index (κ3) is 5.24. The van der Waals surface area contributed by atoms with Crippen LogP contribution in [0.2, 0.25) is 0 Å². The molecule has 2 fully saturated rings. The highest BCUT2D eigenvalue weighted by Crippen LogP contribution is 2.16. The molecule has 0 aromatic rings. The minimum atomic E-state index is -0.0208. The maximum atomic E-state index is 12.1. The van der Waals surface area contributed by atoms with Gasteiger partial charge in [-0.3, -0.25) is 9.69 Å². The summed E-state index contributed by atoms with van der Waals surface area (Å²) < 4.78 is 5.56. The van der Waals surface area contributed by atoms with Crippen molar-refractivity contribution in [2.75, 3.05) is 45.9 Å². The number of amides is 1. The molecule has 2 unspecified atom stereocenters. The van der Waals surface area contributed by atoms with Crippen molar-refractivity contribution in [2.45, 2.75) is 45.7 Å². The Balaban J connectivity index is 1.70. The monoisotopic (exact) mass is 297 g/mol. The van der Waals surface area contributed by atoms with Crippen LogP contribution in [0.1, 0.15) is 33.6 Å². The Labute approximate surface area is 129 Å². The van der Waals surface area contributed by atoms with Crippen LogP contribution in [0.4, 0.5) is 0 Å². The van der Waals surface area contributed by atoms with Crippen molar-refractivity contribution in [1.29, 1.82) is 0 Å². The highest BCUT2D eigenvalue weighted by atomic mass is 16.5. The molecule has 1 N–H and O–H groups in total. The van der Waals surface area contributed by atoms with Crippen molar-refractivity contribution in [3.05, 3.63) is 0 Å². The van der Waals surface area contributed by atoms with E-state index in [-0.39, 0.29) is 18.0 Å². The lowest BCUT2D eigenvalue weighted by molar-refractivity contribution is -0.127. The van der Waals surface area contributed by atoms with Gasteiger partial charge in [0.1, 0.15) is 0 Å². The van der Waals surface area contributed by atoms with E-state index in [1.54, 1.807) is 0 Å². The van der Waals surface area contributed by atoms with Crippen molar-refractivity contribution in [3.63, 3.8) is 0 Å². The second-order valence-electron chi connectivity index (χ2n) is 6.76. The maximum absolute atomic E-state index is 12.1. The Morgan fingerprint density at radius 3 is 2.52 bits per heavy atom. The first-order chi connectivity index (χ1) is 10.1. The van der Waals surface area contributed by atoms with E-state index in [1.165, 1.54) is 12.8 Å². The standard InChI is InChI=1S/C16H31N3O2/c1-13(2)17-16(20)14(3)19-8-6-18(7-9-19)11-15-5-4-10-21-12-15/h13-15H,4-12H2,1-3H3,(H,17,20). The first kappa shape index (κ1) is 16.7. The van der Waals surface area contributed by atoms with Gasteiger partial charge in [0.25, 0.3) is 0 Å². The summed E-state index contributed by atoms with van der Waals surface area (Å²) in [5.74, 6) is 0.853. The third-order valence-electron chi connectivity index (χ3n) is 4.54. The van der Waals surface area contributed by atoms with Crippen LogP contribution in [0.25, 0.3) is 0 Å². The number of carbonyl (C=O) groups is 1. The van der Waals surface area contributed by atoms with Gasteiger partial charge in [-0.05, 0) is 39.5 Å². The molecular formula is C16H31N3O2. The Bertz CT molecular complexity index is 321. The summed E-state index contributed by atoms with van der Waals surface area (Å²) in [4.78, 5) is 16.9. The molecule has 122 valence electrons. The van der Waals surface area contributed by atoms with E-state index >= 15 is 0 Å². The second-order valence-corrected chi connectivity index (χ2v) is 6.76. The van der Waals surface area contributed by atoms with E-state index in [2.05, 4.69) is 15.1 Å². The lowest BCUT2D eigenvalue weighted by atomic mass is 10.0. The summed E-state index contributed by atoms with van der Waals surface area (Å²) >= 11 is 0. The molecule has 0 bridgehead atoms. The van der Waals surface area contributed by atoms with Gasteiger partial charge >= 0.3 is 0 Å². The molecule has 1 amide bonds. The highest BCUT2D eigenvalue weighted by molar-refractivity contribution is 5.81. The van der Waals surface area contributed by atoms with E-state index in [9.17, 15) is 4.79 Å². The van der Waals surface area contributed by atoms with Crippen molar-refractivity contribution in [3.8, 4) is 0 Å². The van der Waals surface area contributed by atoms with E-state index in [1.807, 2.05) is 20.8 Å². The van der Waals surface area contributed by atoms with Crippen LogP contribution < -0.4 is 5.32 Å². The van der Waals surface area contributed by atoms with Crippen LogP contribution in [0.5, 0.6) is 0 Å². The Hall–Kier alpha value is -0.650. The molecule has 0 aromatic heterocycles. The van der Waals surface area contributed by atoms with Crippen molar-refractivity contribution >= 4 is 5.91 Å². The molecule has 2 aliphatic heterocycles. The maximum Gasteiger partial charge on any atom is 0.237 e. The summed E-state index contributed by atoms with van der Waals surface area (Å²) in [6.45, 7) is 13.2. The molecule has 5 heteroatoms. The number of piperazine rings is 1. The summed E-state index contributed by atoms with van der Waals surface area (Å²) in [7, 11) is 0. The minimum Gasteiger partial charge on any atom is -0.381 e. The molecule has 2 heterocycles. The molecule has 0 radical (unpaired) electrons. The zero-order valence-electron chi connectivity index (χ0n) is 13.8. The quantitative estimate of drug-likeness (QED) is 0.820. The average molecular weight is 297 g/mol.